The molecule has 0 saturated carbocycles. The van der Waals surface area contributed by atoms with Crippen LogP contribution in [-0.2, 0) is 28.6 Å². The number of nitrogens with zero attached hydrogens (tertiary/aromatic N) is 1. The second-order valence-electron chi connectivity index (χ2n) is 6.95. The number of nitrogens with two attached hydrogens (primary N) is 1. The van der Waals surface area contributed by atoms with Crippen molar-refractivity contribution < 1.29 is 28.6 Å². The summed E-state index contributed by atoms with van der Waals surface area (Å²) in [6.45, 7) is 6.75. The number of rotatable bonds is 5. The second-order valence-corrected chi connectivity index (χ2v) is 8.05. The van der Waals surface area contributed by atoms with Gasteiger partial charge in [0, 0.05) is 19.8 Å². The predicted octanol–water partition coefficient (Wildman–Crippen LogP) is 0.608. The standard InChI is InChI=1S/C16H24N2O6S/c1-8(24-15(21)16(2,3)4)23-14(20)11-9(6-22-5)7-25-13-10(17)12(19)18(11)13/h8,10,13H,6-7,17H2,1-5H3/t8-,10?,13+/m0/s1. The van der Waals surface area contributed by atoms with Crippen molar-refractivity contribution in [2.75, 3.05) is 19.5 Å². The first-order valence-electron chi connectivity index (χ1n) is 7.91. The van der Waals surface area contributed by atoms with Gasteiger partial charge in [-0.25, -0.2) is 4.79 Å². The van der Waals surface area contributed by atoms with Crippen molar-refractivity contribution >= 4 is 29.6 Å². The Morgan fingerprint density at radius 2 is 2.00 bits per heavy atom. The van der Waals surface area contributed by atoms with Crippen LogP contribution in [0.25, 0.3) is 0 Å². The number of carbonyl (C=O) groups is 3. The smallest absolute Gasteiger partial charge is 0.358 e. The number of fused-ring (bicyclic) bond motifs is 1. The molecule has 2 aliphatic rings. The van der Waals surface area contributed by atoms with Gasteiger partial charge in [0.1, 0.15) is 17.1 Å². The van der Waals surface area contributed by atoms with Crippen molar-refractivity contribution in [1.29, 1.82) is 0 Å². The molecular formula is C16H24N2O6S. The fourth-order valence-electron chi connectivity index (χ4n) is 2.41. The molecule has 0 bridgehead atoms. The first kappa shape index (κ1) is 19.7. The number of β-lactam (4-membered cyclic amide) rings is 1. The third-order valence-corrected chi connectivity index (χ3v) is 5.12. The summed E-state index contributed by atoms with van der Waals surface area (Å²) in [5.74, 6) is -1.04. The minimum absolute atomic E-state index is 0.135. The van der Waals surface area contributed by atoms with Crippen LogP contribution in [0.15, 0.2) is 11.3 Å². The molecule has 8 nitrogen and oxygen atoms in total. The van der Waals surface area contributed by atoms with Gasteiger partial charge in [0.2, 0.25) is 12.2 Å². The zero-order valence-corrected chi connectivity index (χ0v) is 15.8. The third kappa shape index (κ3) is 3.99. The Bertz CT molecular complexity index is 612. The number of esters is 2. The summed E-state index contributed by atoms with van der Waals surface area (Å²) in [5.41, 5.74) is 5.85. The monoisotopic (exact) mass is 372 g/mol. The first-order chi connectivity index (χ1) is 11.6. The Morgan fingerprint density at radius 1 is 1.36 bits per heavy atom. The molecule has 25 heavy (non-hydrogen) atoms. The van der Waals surface area contributed by atoms with Gasteiger partial charge in [0.05, 0.1) is 12.0 Å². The Morgan fingerprint density at radius 3 is 2.56 bits per heavy atom. The summed E-state index contributed by atoms with van der Waals surface area (Å²) < 4.78 is 15.5. The van der Waals surface area contributed by atoms with Gasteiger partial charge in [-0.1, -0.05) is 0 Å². The maximum atomic E-state index is 12.6. The fourth-order valence-corrected chi connectivity index (χ4v) is 3.69. The van der Waals surface area contributed by atoms with E-state index in [0.29, 0.717) is 11.3 Å². The van der Waals surface area contributed by atoms with Gasteiger partial charge in [-0.15, -0.1) is 11.8 Å². The van der Waals surface area contributed by atoms with Crippen molar-refractivity contribution in [3.63, 3.8) is 0 Å². The molecule has 2 rings (SSSR count). The summed E-state index contributed by atoms with van der Waals surface area (Å²) in [6.07, 6.45) is -1.08. The van der Waals surface area contributed by atoms with Gasteiger partial charge in [-0.05, 0) is 26.3 Å². The molecule has 0 aromatic rings. The van der Waals surface area contributed by atoms with Crippen molar-refractivity contribution in [3.8, 4) is 0 Å². The Kier molecular flexibility index (Phi) is 5.80. The lowest BCUT2D eigenvalue weighted by Crippen LogP contribution is -2.68. The van der Waals surface area contributed by atoms with E-state index in [0.717, 1.165) is 0 Å². The Balaban J connectivity index is 2.14. The highest BCUT2D eigenvalue weighted by Gasteiger charge is 2.52. The Hall–Kier alpha value is -1.58. The van der Waals surface area contributed by atoms with Crippen LogP contribution < -0.4 is 5.73 Å². The molecule has 0 aromatic carbocycles. The maximum Gasteiger partial charge on any atom is 0.358 e. The van der Waals surface area contributed by atoms with Gasteiger partial charge >= 0.3 is 11.9 Å². The average molecular weight is 372 g/mol. The SMILES string of the molecule is COCC1=C(C(=O)O[C@H](C)OC(=O)C(C)(C)C)N2C(=O)C(N)[C@H]2SC1. The number of carbonyl (C=O) groups excluding carboxylic acids is 3. The van der Waals surface area contributed by atoms with Gasteiger partial charge in [0.15, 0.2) is 0 Å². The van der Waals surface area contributed by atoms with E-state index < -0.39 is 29.7 Å². The van der Waals surface area contributed by atoms with Gasteiger partial charge in [0.25, 0.3) is 0 Å². The van der Waals surface area contributed by atoms with Crippen molar-refractivity contribution in [3.05, 3.63) is 11.3 Å². The molecule has 0 aliphatic carbocycles. The molecule has 140 valence electrons. The van der Waals surface area contributed by atoms with Crippen LogP contribution in [0.1, 0.15) is 27.7 Å². The molecular weight excluding hydrogens is 348 g/mol. The topological polar surface area (TPSA) is 108 Å². The van der Waals surface area contributed by atoms with E-state index in [1.54, 1.807) is 20.8 Å². The van der Waals surface area contributed by atoms with Crippen molar-refractivity contribution in [2.24, 2.45) is 11.1 Å². The van der Waals surface area contributed by atoms with E-state index in [9.17, 15) is 14.4 Å². The largest absolute Gasteiger partial charge is 0.425 e. The number of hydrogen-bond donors (Lipinski definition) is 1. The van der Waals surface area contributed by atoms with Crippen LogP contribution in [0.4, 0.5) is 0 Å². The normalized spacial score (nSPS) is 24.4. The minimum atomic E-state index is -1.08. The molecule has 1 saturated heterocycles. The third-order valence-electron chi connectivity index (χ3n) is 3.76. The van der Waals surface area contributed by atoms with Crippen LogP contribution in [0.3, 0.4) is 0 Å². The molecule has 0 radical (unpaired) electrons. The fraction of sp³-hybridized carbons (Fsp3) is 0.688. The maximum absolute atomic E-state index is 12.6. The molecule has 2 aliphatic heterocycles. The zero-order chi connectivity index (χ0) is 18.9. The van der Waals surface area contributed by atoms with E-state index in [4.69, 9.17) is 19.9 Å². The lowest BCUT2D eigenvalue weighted by atomic mass is 9.97. The van der Waals surface area contributed by atoms with E-state index in [1.165, 1.54) is 30.7 Å². The first-order valence-corrected chi connectivity index (χ1v) is 8.96. The number of hydrogen-bond acceptors (Lipinski definition) is 8. The molecule has 1 amide bonds. The highest BCUT2D eigenvalue weighted by Crippen LogP contribution is 2.39. The quantitative estimate of drug-likeness (QED) is 0.425. The molecule has 2 heterocycles. The number of methoxy groups -OCH3 is 1. The Labute approximate surface area is 151 Å². The summed E-state index contributed by atoms with van der Waals surface area (Å²) in [6, 6.07) is -0.631. The molecule has 3 atom stereocenters. The van der Waals surface area contributed by atoms with Crippen LogP contribution in [-0.4, -0.2) is 59.9 Å². The van der Waals surface area contributed by atoms with Gasteiger partial charge < -0.3 is 19.9 Å². The van der Waals surface area contributed by atoms with Crippen molar-refractivity contribution in [2.45, 2.75) is 45.4 Å². The molecule has 9 heteroatoms. The van der Waals surface area contributed by atoms with E-state index in [1.807, 2.05) is 0 Å². The lowest BCUT2D eigenvalue weighted by Gasteiger charge is -2.48. The molecule has 0 spiro atoms. The number of thioether (sulfide) groups is 1. The van der Waals surface area contributed by atoms with Crippen molar-refractivity contribution in [1.82, 2.24) is 4.90 Å². The minimum Gasteiger partial charge on any atom is -0.425 e. The molecule has 2 N–H and O–H groups in total. The molecule has 1 unspecified atom stereocenters. The van der Waals surface area contributed by atoms with Crippen LogP contribution in [0.5, 0.6) is 0 Å². The highest BCUT2D eigenvalue weighted by atomic mass is 32.2. The van der Waals surface area contributed by atoms with Crippen LogP contribution in [0, 0.1) is 5.41 Å². The summed E-state index contributed by atoms with van der Waals surface area (Å²) in [7, 11) is 1.50. The number of ether oxygens (including phenoxy) is 3. The van der Waals surface area contributed by atoms with Gasteiger partial charge in [-0.3, -0.25) is 14.5 Å². The summed E-state index contributed by atoms with van der Waals surface area (Å²) >= 11 is 1.48. The molecule has 0 aromatic heterocycles. The lowest BCUT2D eigenvalue weighted by molar-refractivity contribution is -0.190. The summed E-state index contributed by atoms with van der Waals surface area (Å²) in [5, 5.41) is -0.289. The number of amides is 1. The van der Waals surface area contributed by atoms with E-state index in [2.05, 4.69) is 0 Å². The summed E-state index contributed by atoms with van der Waals surface area (Å²) in [4.78, 5) is 37.9. The molecule has 1 fully saturated rings. The highest BCUT2D eigenvalue weighted by molar-refractivity contribution is 8.00. The van der Waals surface area contributed by atoms with E-state index >= 15 is 0 Å². The predicted molar refractivity (Wildman–Crippen MR) is 91.1 cm³/mol. The van der Waals surface area contributed by atoms with Crippen LogP contribution in [0.2, 0.25) is 0 Å². The average Bonchev–Trinajstić information content (AvgIpc) is 2.52. The van der Waals surface area contributed by atoms with Gasteiger partial charge in [-0.2, -0.15) is 0 Å². The van der Waals surface area contributed by atoms with Crippen LogP contribution >= 0.6 is 11.8 Å². The zero-order valence-electron chi connectivity index (χ0n) is 15.0. The van der Waals surface area contributed by atoms with E-state index in [-0.39, 0.29) is 23.6 Å². The second kappa shape index (κ2) is 7.35.